The van der Waals surface area contributed by atoms with E-state index in [0.717, 1.165) is 25.8 Å². The molecule has 0 aromatic rings. The van der Waals surface area contributed by atoms with E-state index >= 15 is 0 Å². The van der Waals surface area contributed by atoms with Gasteiger partial charge >= 0.3 is 6.09 Å². The van der Waals surface area contributed by atoms with Crippen LogP contribution in [0.15, 0.2) is 0 Å². The maximum absolute atomic E-state index is 12.0. The summed E-state index contributed by atoms with van der Waals surface area (Å²) in [6.07, 6.45) is 2.22. The molecule has 2 saturated heterocycles. The first-order chi connectivity index (χ1) is 8.32. The van der Waals surface area contributed by atoms with Gasteiger partial charge in [-0.15, -0.1) is 0 Å². The Kier molecular flexibility index (Phi) is 3.25. The third-order valence-electron chi connectivity index (χ3n) is 3.66. The second kappa shape index (κ2) is 4.44. The van der Waals surface area contributed by atoms with Crippen molar-refractivity contribution in [3.63, 3.8) is 0 Å². The zero-order valence-corrected chi connectivity index (χ0v) is 11.4. The minimum absolute atomic E-state index is 0.147. The Morgan fingerprint density at radius 3 is 2.56 bits per heavy atom. The van der Waals surface area contributed by atoms with Gasteiger partial charge in [0.05, 0.1) is 5.41 Å². The third-order valence-corrected chi connectivity index (χ3v) is 3.66. The van der Waals surface area contributed by atoms with Gasteiger partial charge in [0, 0.05) is 19.6 Å². The average molecular weight is 254 g/mol. The highest BCUT2D eigenvalue weighted by Crippen LogP contribution is 2.36. The normalized spacial score (nSPS) is 28.4. The van der Waals surface area contributed by atoms with Crippen molar-refractivity contribution in [1.82, 2.24) is 10.2 Å². The van der Waals surface area contributed by atoms with Crippen LogP contribution >= 0.6 is 0 Å². The molecule has 5 heteroatoms. The smallest absolute Gasteiger partial charge is 0.410 e. The van der Waals surface area contributed by atoms with Crippen LogP contribution in [0.2, 0.25) is 0 Å². The molecule has 2 aliphatic heterocycles. The molecule has 2 fully saturated rings. The summed E-state index contributed by atoms with van der Waals surface area (Å²) >= 11 is 0. The summed E-state index contributed by atoms with van der Waals surface area (Å²) in [5, 5.41) is 2.81. The van der Waals surface area contributed by atoms with E-state index in [-0.39, 0.29) is 17.4 Å². The Labute approximate surface area is 108 Å². The summed E-state index contributed by atoms with van der Waals surface area (Å²) in [5.41, 5.74) is -0.675. The summed E-state index contributed by atoms with van der Waals surface area (Å²) in [4.78, 5) is 25.3. The summed E-state index contributed by atoms with van der Waals surface area (Å²) in [6.45, 7) is 7.65. The number of carbonyl (C=O) groups is 2. The molecule has 0 aromatic heterocycles. The first kappa shape index (κ1) is 13.2. The van der Waals surface area contributed by atoms with Crippen molar-refractivity contribution in [1.29, 1.82) is 0 Å². The monoisotopic (exact) mass is 254 g/mol. The van der Waals surface area contributed by atoms with Crippen LogP contribution in [0.1, 0.15) is 40.0 Å². The second-order valence-corrected chi connectivity index (χ2v) is 6.28. The number of rotatable bonds is 0. The van der Waals surface area contributed by atoms with Crippen LogP contribution in [0.25, 0.3) is 0 Å². The molecular weight excluding hydrogens is 232 g/mol. The standard InChI is InChI=1S/C13H22N2O3/c1-12(2,3)18-11(17)15-7-4-5-13(6-8-15)9-14-10(13)16/h4-9H2,1-3H3,(H,14,16). The lowest BCUT2D eigenvalue weighted by Crippen LogP contribution is -2.59. The van der Waals surface area contributed by atoms with Crippen LogP contribution in [0.5, 0.6) is 0 Å². The van der Waals surface area contributed by atoms with Crippen LogP contribution in [-0.2, 0) is 9.53 Å². The Morgan fingerprint density at radius 2 is 2.06 bits per heavy atom. The van der Waals surface area contributed by atoms with Gasteiger partial charge < -0.3 is 15.0 Å². The zero-order chi connectivity index (χ0) is 13.4. The van der Waals surface area contributed by atoms with Gasteiger partial charge in [0.1, 0.15) is 5.60 Å². The van der Waals surface area contributed by atoms with Gasteiger partial charge in [-0.05, 0) is 40.0 Å². The van der Waals surface area contributed by atoms with E-state index in [1.807, 2.05) is 20.8 Å². The number of likely N-dealkylation sites (tertiary alicyclic amines) is 1. The number of carbonyl (C=O) groups excluding carboxylic acids is 2. The van der Waals surface area contributed by atoms with Gasteiger partial charge in [0.2, 0.25) is 5.91 Å². The molecule has 102 valence electrons. The lowest BCUT2D eigenvalue weighted by molar-refractivity contribution is -0.140. The molecule has 1 unspecified atom stereocenters. The number of nitrogens with zero attached hydrogens (tertiary/aromatic N) is 1. The van der Waals surface area contributed by atoms with Crippen LogP contribution in [0.3, 0.4) is 0 Å². The minimum atomic E-state index is -0.463. The Bertz CT molecular complexity index is 362. The van der Waals surface area contributed by atoms with Crippen molar-refractivity contribution in [3.05, 3.63) is 0 Å². The second-order valence-electron chi connectivity index (χ2n) is 6.28. The molecule has 0 radical (unpaired) electrons. The van der Waals surface area contributed by atoms with Crippen molar-refractivity contribution in [3.8, 4) is 0 Å². The fourth-order valence-corrected chi connectivity index (χ4v) is 2.52. The molecule has 0 saturated carbocycles. The zero-order valence-electron chi connectivity index (χ0n) is 11.4. The van der Waals surface area contributed by atoms with E-state index in [2.05, 4.69) is 5.32 Å². The lowest BCUT2D eigenvalue weighted by Gasteiger charge is -2.40. The highest BCUT2D eigenvalue weighted by atomic mass is 16.6. The van der Waals surface area contributed by atoms with E-state index in [1.54, 1.807) is 4.90 Å². The highest BCUT2D eigenvalue weighted by Gasteiger charge is 2.47. The van der Waals surface area contributed by atoms with Crippen LogP contribution < -0.4 is 5.32 Å². The van der Waals surface area contributed by atoms with Gasteiger partial charge in [-0.2, -0.15) is 0 Å². The number of nitrogens with one attached hydrogen (secondary N) is 1. The van der Waals surface area contributed by atoms with Crippen molar-refractivity contribution in [2.45, 2.75) is 45.6 Å². The van der Waals surface area contributed by atoms with Crippen LogP contribution in [0.4, 0.5) is 4.79 Å². The minimum Gasteiger partial charge on any atom is -0.444 e. The van der Waals surface area contributed by atoms with E-state index < -0.39 is 5.60 Å². The molecule has 2 aliphatic rings. The maximum Gasteiger partial charge on any atom is 0.410 e. The molecule has 1 spiro atoms. The molecule has 1 N–H and O–H groups in total. The molecule has 18 heavy (non-hydrogen) atoms. The molecule has 2 rings (SSSR count). The summed E-state index contributed by atoms with van der Waals surface area (Å²) in [5.74, 6) is 0.147. The third kappa shape index (κ3) is 2.60. The van der Waals surface area contributed by atoms with Crippen molar-refractivity contribution in [2.24, 2.45) is 5.41 Å². The molecule has 0 aromatic carbocycles. The van der Waals surface area contributed by atoms with E-state index in [0.29, 0.717) is 13.1 Å². The average Bonchev–Trinajstić information content (AvgIpc) is 2.48. The van der Waals surface area contributed by atoms with Gasteiger partial charge in [0.25, 0.3) is 0 Å². The predicted octanol–water partition coefficient (Wildman–Crippen LogP) is 1.52. The fraction of sp³-hybridized carbons (Fsp3) is 0.846. The number of ether oxygens (including phenoxy) is 1. The SMILES string of the molecule is CC(C)(C)OC(=O)N1CCCC2(CC1)CNC2=O. The van der Waals surface area contributed by atoms with Gasteiger partial charge in [0.15, 0.2) is 0 Å². The molecule has 0 aliphatic carbocycles. The van der Waals surface area contributed by atoms with Crippen molar-refractivity contribution >= 4 is 12.0 Å². The van der Waals surface area contributed by atoms with E-state index in [4.69, 9.17) is 4.74 Å². The maximum atomic E-state index is 12.0. The Balaban J connectivity index is 1.93. The van der Waals surface area contributed by atoms with Crippen LogP contribution in [0, 0.1) is 5.41 Å². The molecule has 2 heterocycles. The highest BCUT2D eigenvalue weighted by molar-refractivity contribution is 5.88. The number of hydrogen-bond donors (Lipinski definition) is 1. The molecule has 2 amide bonds. The summed E-state index contributed by atoms with van der Waals surface area (Å²) in [7, 11) is 0. The lowest BCUT2D eigenvalue weighted by atomic mass is 9.74. The number of amides is 2. The first-order valence-corrected chi connectivity index (χ1v) is 6.59. The predicted molar refractivity (Wildman–Crippen MR) is 67.1 cm³/mol. The number of hydrogen-bond acceptors (Lipinski definition) is 3. The van der Waals surface area contributed by atoms with Crippen molar-refractivity contribution in [2.75, 3.05) is 19.6 Å². The Hall–Kier alpha value is -1.26. The van der Waals surface area contributed by atoms with E-state index in [9.17, 15) is 9.59 Å². The fourth-order valence-electron chi connectivity index (χ4n) is 2.52. The molecule has 5 nitrogen and oxygen atoms in total. The largest absolute Gasteiger partial charge is 0.444 e. The van der Waals surface area contributed by atoms with E-state index in [1.165, 1.54) is 0 Å². The molecule has 1 atom stereocenters. The van der Waals surface area contributed by atoms with Gasteiger partial charge in [-0.1, -0.05) is 0 Å². The summed E-state index contributed by atoms with van der Waals surface area (Å²) in [6, 6.07) is 0. The first-order valence-electron chi connectivity index (χ1n) is 6.59. The van der Waals surface area contributed by atoms with Crippen LogP contribution in [-0.4, -0.2) is 42.1 Å². The number of β-lactam (4-membered cyclic amide) rings is 1. The topological polar surface area (TPSA) is 58.6 Å². The summed E-state index contributed by atoms with van der Waals surface area (Å²) < 4.78 is 5.37. The van der Waals surface area contributed by atoms with Crippen molar-refractivity contribution < 1.29 is 14.3 Å². The Morgan fingerprint density at radius 1 is 1.33 bits per heavy atom. The van der Waals surface area contributed by atoms with Gasteiger partial charge in [-0.3, -0.25) is 4.79 Å². The molecular formula is C13H22N2O3. The van der Waals surface area contributed by atoms with Gasteiger partial charge in [-0.25, -0.2) is 4.79 Å². The quantitative estimate of drug-likeness (QED) is 0.667. The molecule has 0 bridgehead atoms.